The van der Waals surface area contributed by atoms with Crippen molar-refractivity contribution in [3.05, 3.63) is 59.7 Å². The van der Waals surface area contributed by atoms with Gasteiger partial charge in [-0.25, -0.2) is 14.6 Å². The smallest absolute Gasteiger partial charge is 0.363 e. The number of carbonyl (C=O) groups excluding carboxylic acids is 2. The van der Waals surface area contributed by atoms with E-state index in [9.17, 15) is 9.59 Å². The van der Waals surface area contributed by atoms with E-state index >= 15 is 0 Å². The van der Waals surface area contributed by atoms with Crippen molar-refractivity contribution in [1.29, 1.82) is 0 Å². The van der Waals surface area contributed by atoms with Crippen LogP contribution in [-0.2, 0) is 19.1 Å². The van der Waals surface area contributed by atoms with Crippen LogP contribution in [-0.4, -0.2) is 31.1 Å². The second kappa shape index (κ2) is 7.48. The number of furan rings is 1. The summed E-state index contributed by atoms with van der Waals surface area (Å²) in [4.78, 5) is 27.4. The van der Waals surface area contributed by atoms with Crippen molar-refractivity contribution in [2.45, 2.75) is 6.92 Å². The molecule has 0 spiro atoms. The highest BCUT2D eigenvalue weighted by Crippen LogP contribution is 2.21. The highest BCUT2D eigenvalue weighted by molar-refractivity contribution is 6.11. The van der Waals surface area contributed by atoms with Gasteiger partial charge in [-0.3, -0.25) is 0 Å². The minimum atomic E-state index is -0.566. The predicted molar refractivity (Wildman–Crippen MR) is 87.9 cm³/mol. The van der Waals surface area contributed by atoms with Gasteiger partial charge in [0.2, 0.25) is 0 Å². The van der Waals surface area contributed by atoms with Gasteiger partial charge >= 0.3 is 11.9 Å². The van der Waals surface area contributed by atoms with Gasteiger partial charge in [0.1, 0.15) is 5.75 Å². The molecule has 1 aromatic carbocycles. The van der Waals surface area contributed by atoms with Crippen molar-refractivity contribution < 1.29 is 28.2 Å². The maximum absolute atomic E-state index is 11.9. The Balaban J connectivity index is 1.74. The lowest BCUT2D eigenvalue weighted by atomic mass is 10.2. The molecule has 0 saturated carbocycles. The molecule has 25 heavy (non-hydrogen) atoms. The molecule has 7 heteroatoms. The quantitative estimate of drug-likeness (QED) is 0.593. The predicted octanol–water partition coefficient (Wildman–Crippen LogP) is 2.57. The first-order valence-corrected chi connectivity index (χ1v) is 7.60. The van der Waals surface area contributed by atoms with Crippen LogP contribution in [0.15, 0.2) is 57.8 Å². The summed E-state index contributed by atoms with van der Waals surface area (Å²) >= 11 is 0. The van der Waals surface area contributed by atoms with Crippen LogP contribution >= 0.6 is 0 Å². The zero-order chi connectivity index (χ0) is 17.6. The minimum absolute atomic E-state index is 0.121. The van der Waals surface area contributed by atoms with E-state index in [1.165, 1.54) is 6.26 Å². The van der Waals surface area contributed by atoms with Crippen LogP contribution in [0.25, 0.3) is 6.08 Å². The first-order valence-electron chi connectivity index (χ1n) is 7.60. The molecular weight excluding hydrogens is 326 g/mol. The van der Waals surface area contributed by atoms with E-state index in [2.05, 4.69) is 4.99 Å². The summed E-state index contributed by atoms with van der Waals surface area (Å²) in [5.41, 5.74) is 0.826. The standard InChI is InChI=1S/C18H15NO6/c1-2-22-16(20)11-24-13-6-3-5-12(9-13)10-14-18(21)25-17(19-14)15-7-4-8-23-15/h3-10H,2,11H2,1H3. The number of hydrogen-bond donors (Lipinski definition) is 0. The van der Waals surface area contributed by atoms with Crippen LogP contribution in [0, 0.1) is 0 Å². The first kappa shape index (κ1) is 16.5. The second-order valence-corrected chi connectivity index (χ2v) is 4.98. The maximum Gasteiger partial charge on any atom is 0.363 e. The lowest BCUT2D eigenvalue weighted by Gasteiger charge is -2.06. The van der Waals surface area contributed by atoms with E-state index in [1.807, 2.05) is 0 Å². The second-order valence-electron chi connectivity index (χ2n) is 4.98. The summed E-state index contributed by atoms with van der Waals surface area (Å²) in [7, 11) is 0. The Labute approximate surface area is 143 Å². The van der Waals surface area contributed by atoms with Crippen LogP contribution < -0.4 is 4.74 Å². The number of nitrogens with zero attached hydrogens (tertiary/aromatic N) is 1. The van der Waals surface area contributed by atoms with Crippen LogP contribution in [0.4, 0.5) is 0 Å². The molecule has 1 aliphatic heterocycles. The van der Waals surface area contributed by atoms with Gasteiger partial charge in [0.15, 0.2) is 18.1 Å². The Bertz CT molecular complexity index is 835. The molecule has 0 radical (unpaired) electrons. The number of cyclic esters (lactones) is 1. The monoisotopic (exact) mass is 341 g/mol. The zero-order valence-electron chi connectivity index (χ0n) is 13.4. The Morgan fingerprint density at radius 3 is 2.92 bits per heavy atom. The van der Waals surface area contributed by atoms with Crippen molar-refractivity contribution in [3.8, 4) is 5.75 Å². The van der Waals surface area contributed by atoms with Gasteiger partial charge in [-0.05, 0) is 42.8 Å². The van der Waals surface area contributed by atoms with Crippen LogP contribution in [0.2, 0.25) is 0 Å². The van der Waals surface area contributed by atoms with Crippen LogP contribution in [0.3, 0.4) is 0 Å². The van der Waals surface area contributed by atoms with E-state index in [-0.39, 0.29) is 18.2 Å². The third-order valence-corrected chi connectivity index (χ3v) is 3.18. The average Bonchev–Trinajstić information content (AvgIpc) is 3.24. The molecule has 0 aliphatic carbocycles. The van der Waals surface area contributed by atoms with Crippen LogP contribution in [0.5, 0.6) is 5.75 Å². The molecule has 1 aromatic heterocycles. The van der Waals surface area contributed by atoms with Gasteiger partial charge in [0, 0.05) is 0 Å². The van der Waals surface area contributed by atoms with Gasteiger partial charge in [-0.15, -0.1) is 0 Å². The van der Waals surface area contributed by atoms with Gasteiger partial charge in [-0.1, -0.05) is 12.1 Å². The molecule has 2 heterocycles. The molecule has 0 fully saturated rings. The molecular formula is C18H15NO6. The summed E-state index contributed by atoms with van der Waals surface area (Å²) < 4.78 is 20.4. The van der Waals surface area contributed by atoms with Crippen molar-refractivity contribution in [1.82, 2.24) is 0 Å². The fourth-order valence-electron chi connectivity index (χ4n) is 2.11. The lowest BCUT2D eigenvalue weighted by Crippen LogP contribution is -2.14. The summed E-state index contributed by atoms with van der Waals surface area (Å²) in [6.45, 7) is 1.84. The first-order chi connectivity index (χ1) is 12.2. The summed E-state index contributed by atoms with van der Waals surface area (Å²) in [6.07, 6.45) is 3.03. The number of benzene rings is 1. The van der Waals surface area contributed by atoms with Gasteiger partial charge in [-0.2, -0.15) is 0 Å². The Kier molecular flexibility index (Phi) is 4.94. The number of esters is 2. The maximum atomic E-state index is 11.9. The van der Waals surface area contributed by atoms with Crippen molar-refractivity contribution in [2.24, 2.45) is 4.99 Å². The molecule has 3 rings (SSSR count). The summed E-state index contributed by atoms with van der Waals surface area (Å²) in [5, 5.41) is 0. The number of hydrogen-bond acceptors (Lipinski definition) is 7. The minimum Gasteiger partial charge on any atom is -0.482 e. The molecule has 0 atom stereocenters. The number of aliphatic imine (C=N–C) groups is 1. The fraction of sp³-hybridized carbons (Fsp3) is 0.167. The zero-order valence-corrected chi connectivity index (χ0v) is 13.4. The van der Waals surface area contributed by atoms with Crippen molar-refractivity contribution in [3.63, 3.8) is 0 Å². The summed E-state index contributed by atoms with van der Waals surface area (Å²) in [5.74, 6) is -0.0363. The SMILES string of the molecule is CCOC(=O)COc1cccc(C=C2N=C(c3ccco3)OC2=O)c1. The van der Waals surface area contributed by atoms with Crippen LogP contribution in [0.1, 0.15) is 18.2 Å². The molecule has 0 unspecified atom stereocenters. The van der Waals surface area contributed by atoms with E-state index in [1.54, 1.807) is 49.4 Å². The van der Waals surface area contributed by atoms with Gasteiger partial charge in [0.05, 0.1) is 12.9 Å². The van der Waals surface area contributed by atoms with E-state index in [0.29, 0.717) is 23.7 Å². The third kappa shape index (κ3) is 4.14. The number of rotatable bonds is 6. The molecule has 1 aliphatic rings. The topological polar surface area (TPSA) is 87.3 Å². The molecule has 0 amide bonds. The molecule has 128 valence electrons. The van der Waals surface area contributed by atoms with Crippen molar-refractivity contribution in [2.75, 3.05) is 13.2 Å². The van der Waals surface area contributed by atoms with E-state index in [4.69, 9.17) is 18.6 Å². The van der Waals surface area contributed by atoms with Gasteiger partial charge in [0.25, 0.3) is 5.90 Å². The molecule has 0 bridgehead atoms. The van der Waals surface area contributed by atoms with Crippen molar-refractivity contribution >= 4 is 23.9 Å². The molecule has 7 nitrogen and oxygen atoms in total. The number of ether oxygens (including phenoxy) is 3. The van der Waals surface area contributed by atoms with E-state index in [0.717, 1.165) is 0 Å². The normalized spacial score (nSPS) is 15.0. The van der Waals surface area contributed by atoms with Gasteiger partial charge < -0.3 is 18.6 Å². The van der Waals surface area contributed by atoms with E-state index < -0.39 is 11.9 Å². The molecule has 0 N–H and O–H groups in total. The Morgan fingerprint density at radius 2 is 2.16 bits per heavy atom. The molecule has 2 aromatic rings. The largest absolute Gasteiger partial charge is 0.482 e. The Morgan fingerprint density at radius 1 is 1.28 bits per heavy atom. The number of carbonyl (C=O) groups is 2. The third-order valence-electron chi connectivity index (χ3n) is 3.18. The average molecular weight is 341 g/mol. The highest BCUT2D eigenvalue weighted by atomic mass is 16.6. The fourth-order valence-corrected chi connectivity index (χ4v) is 2.11. The highest BCUT2D eigenvalue weighted by Gasteiger charge is 2.25. The summed E-state index contributed by atoms with van der Waals surface area (Å²) in [6, 6.07) is 10.2. The lowest BCUT2D eigenvalue weighted by molar-refractivity contribution is -0.145. The molecule has 0 saturated heterocycles. The Hall–Kier alpha value is -3.35.